The maximum absolute atomic E-state index is 10.7. The van der Waals surface area contributed by atoms with Gasteiger partial charge in [0.2, 0.25) is 0 Å². The van der Waals surface area contributed by atoms with Crippen LogP contribution >= 0.6 is 0 Å². The van der Waals surface area contributed by atoms with Crippen LogP contribution in [0, 0.1) is 11.8 Å². The summed E-state index contributed by atoms with van der Waals surface area (Å²) < 4.78 is 5.67. The Labute approximate surface area is 121 Å². The molecule has 0 bridgehead atoms. The first-order chi connectivity index (χ1) is 9.66. The number of carbonyl (C=O) groups is 1. The van der Waals surface area contributed by atoms with Gasteiger partial charge in [0.05, 0.1) is 12.2 Å². The van der Waals surface area contributed by atoms with Crippen molar-refractivity contribution in [2.45, 2.75) is 45.4 Å². The molecule has 2 unspecified atom stereocenters. The summed E-state index contributed by atoms with van der Waals surface area (Å²) >= 11 is 0. The summed E-state index contributed by atoms with van der Waals surface area (Å²) in [6.45, 7) is 3.09. The van der Waals surface area contributed by atoms with Gasteiger partial charge < -0.3 is 9.84 Å². The molecule has 1 aliphatic rings. The lowest BCUT2D eigenvalue weighted by molar-refractivity contribution is 0.0697. The lowest BCUT2D eigenvalue weighted by Crippen LogP contribution is -2.17. The van der Waals surface area contributed by atoms with E-state index in [0.29, 0.717) is 5.56 Å². The van der Waals surface area contributed by atoms with E-state index in [1.165, 1.54) is 32.1 Å². The molecule has 1 aromatic rings. The van der Waals surface area contributed by atoms with E-state index in [0.717, 1.165) is 30.6 Å². The van der Waals surface area contributed by atoms with Gasteiger partial charge in [-0.25, -0.2) is 4.79 Å². The fraction of sp³-hybridized carbons (Fsp3) is 0.588. The van der Waals surface area contributed by atoms with Crippen LogP contribution in [0.3, 0.4) is 0 Å². The summed E-state index contributed by atoms with van der Waals surface area (Å²) in [5.41, 5.74) is 0.299. The van der Waals surface area contributed by atoms with Crippen molar-refractivity contribution < 1.29 is 14.6 Å². The van der Waals surface area contributed by atoms with Gasteiger partial charge in [-0.3, -0.25) is 0 Å². The Hall–Kier alpha value is -1.51. The molecule has 0 aromatic heterocycles. The monoisotopic (exact) mass is 276 g/mol. The third-order valence-electron chi connectivity index (χ3n) is 4.38. The average Bonchev–Trinajstić information content (AvgIpc) is 2.46. The number of ether oxygens (including phenoxy) is 1. The van der Waals surface area contributed by atoms with Crippen molar-refractivity contribution in [2.24, 2.45) is 11.8 Å². The van der Waals surface area contributed by atoms with E-state index in [-0.39, 0.29) is 0 Å². The number of rotatable bonds is 6. The molecule has 0 heterocycles. The van der Waals surface area contributed by atoms with Gasteiger partial charge in [-0.05, 0) is 48.9 Å². The molecule has 3 heteroatoms. The summed E-state index contributed by atoms with van der Waals surface area (Å²) in [5.74, 6) is 1.58. The maximum Gasteiger partial charge on any atom is 0.335 e. The van der Waals surface area contributed by atoms with Crippen LogP contribution in [0.1, 0.15) is 55.8 Å². The normalized spacial score (nSPS) is 22.4. The number of hydrogen-bond donors (Lipinski definition) is 1. The quantitative estimate of drug-likeness (QED) is 0.785. The van der Waals surface area contributed by atoms with Crippen LogP contribution < -0.4 is 4.74 Å². The number of aromatic carboxylic acids is 1. The summed E-state index contributed by atoms with van der Waals surface area (Å²) in [6, 6.07) is 6.63. The van der Waals surface area contributed by atoms with Crippen LogP contribution in [0.2, 0.25) is 0 Å². The van der Waals surface area contributed by atoms with Crippen molar-refractivity contribution in [2.75, 3.05) is 6.61 Å². The van der Waals surface area contributed by atoms with Crippen molar-refractivity contribution >= 4 is 5.97 Å². The Kier molecular flexibility index (Phi) is 5.45. The van der Waals surface area contributed by atoms with E-state index in [1.807, 2.05) is 0 Å². The number of benzene rings is 1. The predicted molar refractivity (Wildman–Crippen MR) is 79.3 cm³/mol. The molecule has 0 aliphatic heterocycles. The molecule has 0 radical (unpaired) electrons. The molecule has 1 N–H and O–H groups in total. The third kappa shape index (κ3) is 4.26. The molecule has 20 heavy (non-hydrogen) atoms. The van der Waals surface area contributed by atoms with Crippen LogP contribution in [0.15, 0.2) is 24.3 Å². The highest BCUT2D eigenvalue weighted by molar-refractivity contribution is 5.87. The second kappa shape index (κ2) is 7.32. The largest absolute Gasteiger partial charge is 0.494 e. The van der Waals surface area contributed by atoms with Gasteiger partial charge in [-0.2, -0.15) is 0 Å². The molecule has 2 rings (SSSR count). The molecule has 0 saturated heterocycles. The Morgan fingerprint density at radius 2 is 1.95 bits per heavy atom. The van der Waals surface area contributed by atoms with Crippen molar-refractivity contribution in [3.05, 3.63) is 29.8 Å². The first kappa shape index (κ1) is 14.9. The van der Waals surface area contributed by atoms with E-state index in [1.54, 1.807) is 24.3 Å². The smallest absolute Gasteiger partial charge is 0.335 e. The molecule has 0 amide bonds. The van der Waals surface area contributed by atoms with Crippen molar-refractivity contribution in [3.63, 3.8) is 0 Å². The Morgan fingerprint density at radius 3 is 2.60 bits per heavy atom. The van der Waals surface area contributed by atoms with E-state index >= 15 is 0 Å². The Balaban J connectivity index is 1.69. The van der Waals surface area contributed by atoms with E-state index in [4.69, 9.17) is 9.84 Å². The molecule has 3 nitrogen and oxygen atoms in total. The number of hydrogen-bond acceptors (Lipinski definition) is 2. The van der Waals surface area contributed by atoms with Crippen molar-refractivity contribution in [3.8, 4) is 5.75 Å². The lowest BCUT2D eigenvalue weighted by Gasteiger charge is -2.28. The molecule has 1 aliphatic carbocycles. The minimum Gasteiger partial charge on any atom is -0.494 e. The molecule has 0 spiro atoms. The molecule has 1 aromatic carbocycles. The second-order valence-electron chi connectivity index (χ2n) is 5.84. The number of carboxylic acids is 1. The maximum atomic E-state index is 10.7. The minimum absolute atomic E-state index is 0.299. The summed E-state index contributed by atoms with van der Waals surface area (Å²) in [6.07, 6.45) is 7.84. The first-order valence-corrected chi connectivity index (χ1v) is 7.63. The van der Waals surface area contributed by atoms with E-state index in [2.05, 4.69) is 6.92 Å². The fourth-order valence-corrected chi connectivity index (χ4v) is 3.05. The fourth-order valence-electron chi connectivity index (χ4n) is 3.05. The molecule has 2 atom stereocenters. The summed E-state index contributed by atoms with van der Waals surface area (Å²) in [4.78, 5) is 10.7. The zero-order valence-corrected chi connectivity index (χ0v) is 12.2. The van der Waals surface area contributed by atoms with Gasteiger partial charge in [0, 0.05) is 0 Å². The third-order valence-corrected chi connectivity index (χ3v) is 4.38. The van der Waals surface area contributed by atoms with Gasteiger partial charge >= 0.3 is 5.97 Å². The standard InChI is InChI=1S/C17H24O3/c1-13-5-2-3-6-14(13)7-4-12-20-16-10-8-15(9-11-16)17(18)19/h8-11,13-14H,2-7,12H2,1H3,(H,18,19). The Bertz CT molecular complexity index is 424. The molecular weight excluding hydrogens is 252 g/mol. The second-order valence-corrected chi connectivity index (χ2v) is 5.84. The topological polar surface area (TPSA) is 46.5 Å². The number of carboxylic acid groups (broad SMARTS) is 1. The van der Waals surface area contributed by atoms with Crippen LogP contribution in [-0.2, 0) is 0 Å². The lowest BCUT2D eigenvalue weighted by atomic mass is 9.78. The van der Waals surface area contributed by atoms with Gasteiger partial charge in [-0.1, -0.05) is 32.6 Å². The molecular formula is C17H24O3. The molecule has 110 valence electrons. The molecule has 1 fully saturated rings. The zero-order chi connectivity index (χ0) is 14.4. The summed E-state index contributed by atoms with van der Waals surface area (Å²) in [5, 5.41) is 8.82. The zero-order valence-electron chi connectivity index (χ0n) is 12.2. The van der Waals surface area contributed by atoms with Crippen LogP contribution in [0.5, 0.6) is 5.75 Å². The van der Waals surface area contributed by atoms with Crippen LogP contribution in [-0.4, -0.2) is 17.7 Å². The predicted octanol–water partition coefficient (Wildman–Crippen LogP) is 4.37. The summed E-state index contributed by atoms with van der Waals surface area (Å²) in [7, 11) is 0. The SMILES string of the molecule is CC1CCCCC1CCCOc1ccc(C(=O)O)cc1. The van der Waals surface area contributed by atoms with Gasteiger partial charge in [0.25, 0.3) is 0 Å². The average molecular weight is 276 g/mol. The first-order valence-electron chi connectivity index (χ1n) is 7.63. The minimum atomic E-state index is -0.900. The Morgan fingerprint density at radius 1 is 1.25 bits per heavy atom. The highest BCUT2D eigenvalue weighted by Crippen LogP contribution is 2.32. The van der Waals surface area contributed by atoms with Gasteiger partial charge in [0.1, 0.15) is 5.75 Å². The van der Waals surface area contributed by atoms with E-state index in [9.17, 15) is 4.79 Å². The van der Waals surface area contributed by atoms with Crippen LogP contribution in [0.4, 0.5) is 0 Å². The van der Waals surface area contributed by atoms with Gasteiger partial charge in [0.15, 0.2) is 0 Å². The van der Waals surface area contributed by atoms with E-state index < -0.39 is 5.97 Å². The van der Waals surface area contributed by atoms with Crippen molar-refractivity contribution in [1.29, 1.82) is 0 Å². The highest BCUT2D eigenvalue weighted by Gasteiger charge is 2.20. The highest BCUT2D eigenvalue weighted by atomic mass is 16.5. The van der Waals surface area contributed by atoms with Gasteiger partial charge in [-0.15, -0.1) is 0 Å². The van der Waals surface area contributed by atoms with Crippen molar-refractivity contribution in [1.82, 2.24) is 0 Å². The van der Waals surface area contributed by atoms with Crippen LogP contribution in [0.25, 0.3) is 0 Å². The molecule has 1 saturated carbocycles.